The third-order valence-electron chi connectivity index (χ3n) is 2.41. The SMILES string of the molecule is CC(Oc1ccc2c(c1)OCO2)[C@@H](C)N. The molecule has 0 saturated heterocycles. The van der Waals surface area contributed by atoms with Gasteiger partial charge in [0.05, 0.1) is 0 Å². The first-order valence-corrected chi connectivity index (χ1v) is 4.98. The lowest BCUT2D eigenvalue weighted by atomic mass is 10.2. The summed E-state index contributed by atoms with van der Waals surface area (Å²) in [6.07, 6.45) is -0.0228. The lowest BCUT2D eigenvalue weighted by molar-refractivity contribution is 0.173. The van der Waals surface area contributed by atoms with Crippen molar-refractivity contribution in [1.29, 1.82) is 0 Å². The van der Waals surface area contributed by atoms with Crippen molar-refractivity contribution < 1.29 is 14.2 Å². The topological polar surface area (TPSA) is 53.7 Å². The molecule has 2 rings (SSSR count). The van der Waals surface area contributed by atoms with Crippen LogP contribution in [0.1, 0.15) is 13.8 Å². The highest BCUT2D eigenvalue weighted by molar-refractivity contribution is 5.46. The van der Waals surface area contributed by atoms with E-state index in [1.807, 2.05) is 32.0 Å². The zero-order valence-electron chi connectivity index (χ0n) is 8.90. The summed E-state index contributed by atoms with van der Waals surface area (Å²) in [5, 5.41) is 0. The van der Waals surface area contributed by atoms with Crippen molar-refractivity contribution in [3.8, 4) is 17.2 Å². The van der Waals surface area contributed by atoms with Gasteiger partial charge in [0.15, 0.2) is 11.5 Å². The second kappa shape index (κ2) is 3.98. The zero-order chi connectivity index (χ0) is 10.8. The van der Waals surface area contributed by atoms with Crippen LogP contribution in [0.4, 0.5) is 0 Å². The van der Waals surface area contributed by atoms with Gasteiger partial charge < -0.3 is 19.9 Å². The Morgan fingerprint density at radius 3 is 2.73 bits per heavy atom. The quantitative estimate of drug-likeness (QED) is 0.820. The average molecular weight is 209 g/mol. The van der Waals surface area contributed by atoms with Crippen LogP contribution in [0.2, 0.25) is 0 Å². The van der Waals surface area contributed by atoms with Crippen molar-refractivity contribution in [2.75, 3.05) is 6.79 Å². The molecule has 1 aliphatic heterocycles. The molecule has 4 heteroatoms. The van der Waals surface area contributed by atoms with Crippen molar-refractivity contribution in [2.45, 2.75) is 26.0 Å². The first-order chi connectivity index (χ1) is 7.16. The van der Waals surface area contributed by atoms with Gasteiger partial charge in [0.2, 0.25) is 6.79 Å². The molecule has 0 radical (unpaired) electrons. The van der Waals surface area contributed by atoms with Crippen LogP contribution < -0.4 is 19.9 Å². The second-order valence-corrected chi connectivity index (χ2v) is 3.70. The molecule has 0 amide bonds. The Morgan fingerprint density at radius 2 is 2.00 bits per heavy atom. The molecule has 1 unspecified atom stereocenters. The van der Waals surface area contributed by atoms with Crippen LogP contribution in [-0.4, -0.2) is 18.9 Å². The maximum atomic E-state index is 5.72. The van der Waals surface area contributed by atoms with E-state index in [0.29, 0.717) is 0 Å². The Kier molecular flexibility index (Phi) is 2.68. The molecule has 2 N–H and O–H groups in total. The van der Waals surface area contributed by atoms with Crippen molar-refractivity contribution >= 4 is 0 Å². The highest BCUT2D eigenvalue weighted by Gasteiger charge is 2.15. The predicted molar refractivity (Wildman–Crippen MR) is 56.3 cm³/mol. The van der Waals surface area contributed by atoms with Gasteiger partial charge in [0, 0.05) is 12.1 Å². The number of fused-ring (bicyclic) bond motifs is 1. The molecule has 4 nitrogen and oxygen atoms in total. The summed E-state index contributed by atoms with van der Waals surface area (Å²) >= 11 is 0. The van der Waals surface area contributed by atoms with E-state index in [1.165, 1.54) is 0 Å². The smallest absolute Gasteiger partial charge is 0.231 e. The number of hydrogen-bond acceptors (Lipinski definition) is 4. The Bertz CT molecular complexity index is 352. The van der Waals surface area contributed by atoms with Crippen LogP contribution in [-0.2, 0) is 0 Å². The van der Waals surface area contributed by atoms with Gasteiger partial charge in [-0.05, 0) is 26.0 Å². The van der Waals surface area contributed by atoms with E-state index in [1.54, 1.807) is 0 Å². The van der Waals surface area contributed by atoms with Gasteiger partial charge in [-0.2, -0.15) is 0 Å². The molecule has 2 atom stereocenters. The molecule has 1 aromatic rings. The predicted octanol–water partition coefficient (Wildman–Crippen LogP) is 1.53. The molecule has 0 fully saturated rings. The largest absolute Gasteiger partial charge is 0.489 e. The van der Waals surface area contributed by atoms with Crippen LogP contribution in [0.25, 0.3) is 0 Å². The molecule has 0 spiro atoms. The summed E-state index contributed by atoms with van der Waals surface area (Å²) in [4.78, 5) is 0. The molecule has 1 aliphatic rings. The van der Waals surface area contributed by atoms with Gasteiger partial charge in [-0.15, -0.1) is 0 Å². The fraction of sp³-hybridized carbons (Fsp3) is 0.455. The molecule has 0 saturated carbocycles. The van der Waals surface area contributed by atoms with E-state index >= 15 is 0 Å². The summed E-state index contributed by atoms with van der Waals surface area (Å²) in [5.41, 5.74) is 5.72. The minimum Gasteiger partial charge on any atom is -0.489 e. The number of ether oxygens (including phenoxy) is 3. The van der Waals surface area contributed by atoms with Gasteiger partial charge in [-0.25, -0.2) is 0 Å². The zero-order valence-corrected chi connectivity index (χ0v) is 8.90. The third-order valence-corrected chi connectivity index (χ3v) is 2.41. The maximum absolute atomic E-state index is 5.72. The van der Waals surface area contributed by atoms with Gasteiger partial charge in [0.1, 0.15) is 11.9 Å². The van der Waals surface area contributed by atoms with E-state index in [4.69, 9.17) is 19.9 Å². The van der Waals surface area contributed by atoms with Crippen LogP contribution in [0.15, 0.2) is 18.2 Å². The molecule has 0 aliphatic carbocycles. The van der Waals surface area contributed by atoms with E-state index < -0.39 is 0 Å². The normalized spacial score (nSPS) is 17.3. The van der Waals surface area contributed by atoms with E-state index in [2.05, 4.69) is 0 Å². The van der Waals surface area contributed by atoms with Gasteiger partial charge >= 0.3 is 0 Å². The molecule has 82 valence electrons. The summed E-state index contributed by atoms with van der Waals surface area (Å²) in [6, 6.07) is 5.51. The Morgan fingerprint density at radius 1 is 1.27 bits per heavy atom. The molecule has 1 aromatic carbocycles. The van der Waals surface area contributed by atoms with Gasteiger partial charge in [-0.3, -0.25) is 0 Å². The number of hydrogen-bond donors (Lipinski definition) is 1. The number of benzene rings is 1. The van der Waals surface area contributed by atoms with Crippen molar-refractivity contribution in [3.63, 3.8) is 0 Å². The monoisotopic (exact) mass is 209 g/mol. The number of nitrogens with two attached hydrogens (primary N) is 1. The summed E-state index contributed by atoms with van der Waals surface area (Å²) in [5.74, 6) is 2.24. The lowest BCUT2D eigenvalue weighted by Crippen LogP contribution is -2.33. The highest BCUT2D eigenvalue weighted by Crippen LogP contribution is 2.35. The van der Waals surface area contributed by atoms with E-state index in [-0.39, 0.29) is 18.9 Å². The Hall–Kier alpha value is -1.42. The molecule has 0 bridgehead atoms. The average Bonchev–Trinajstić information content (AvgIpc) is 2.64. The Labute approximate surface area is 88.9 Å². The van der Waals surface area contributed by atoms with Gasteiger partial charge in [0.25, 0.3) is 0 Å². The van der Waals surface area contributed by atoms with Gasteiger partial charge in [-0.1, -0.05) is 0 Å². The van der Waals surface area contributed by atoms with Crippen LogP contribution in [0.3, 0.4) is 0 Å². The van der Waals surface area contributed by atoms with Crippen LogP contribution in [0.5, 0.6) is 17.2 Å². The first-order valence-electron chi connectivity index (χ1n) is 4.98. The highest BCUT2D eigenvalue weighted by atomic mass is 16.7. The minimum atomic E-state index is -0.0228. The first kappa shape index (κ1) is 10.1. The maximum Gasteiger partial charge on any atom is 0.231 e. The summed E-state index contributed by atoms with van der Waals surface area (Å²) in [6.45, 7) is 4.13. The van der Waals surface area contributed by atoms with Crippen molar-refractivity contribution in [1.82, 2.24) is 0 Å². The summed E-state index contributed by atoms with van der Waals surface area (Å²) < 4.78 is 16.1. The molecule has 1 heterocycles. The fourth-order valence-corrected chi connectivity index (χ4v) is 1.27. The molecular weight excluding hydrogens is 194 g/mol. The van der Waals surface area contributed by atoms with Crippen molar-refractivity contribution in [3.05, 3.63) is 18.2 Å². The second-order valence-electron chi connectivity index (χ2n) is 3.70. The standard InChI is InChI=1S/C11H15NO3/c1-7(12)8(2)15-9-3-4-10-11(5-9)14-6-13-10/h3-5,7-8H,6,12H2,1-2H3/t7-,8?/m1/s1. The van der Waals surface area contributed by atoms with E-state index in [9.17, 15) is 0 Å². The minimum absolute atomic E-state index is 0.00424. The lowest BCUT2D eigenvalue weighted by Gasteiger charge is -2.17. The van der Waals surface area contributed by atoms with Crippen LogP contribution >= 0.6 is 0 Å². The van der Waals surface area contributed by atoms with Crippen LogP contribution in [0, 0.1) is 0 Å². The molecular formula is C11H15NO3. The Balaban J connectivity index is 2.10. The summed E-state index contributed by atoms with van der Waals surface area (Å²) in [7, 11) is 0. The molecule has 0 aromatic heterocycles. The van der Waals surface area contributed by atoms with E-state index in [0.717, 1.165) is 17.2 Å². The molecule has 15 heavy (non-hydrogen) atoms. The fourth-order valence-electron chi connectivity index (χ4n) is 1.27. The third kappa shape index (κ3) is 2.15. The number of rotatable bonds is 3. The van der Waals surface area contributed by atoms with Crippen molar-refractivity contribution in [2.24, 2.45) is 5.73 Å².